The highest BCUT2D eigenvalue weighted by Gasteiger charge is 2.37. The van der Waals surface area contributed by atoms with Gasteiger partial charge in [0.1, 0.15) is 0 Å². The summed E-state index contributed by atoms with van der Waals surface area (Å²) < 4.78 is 44.5. The average molecular weight is 397 g/mol. The smallest absolute Gasteiger partial charge is 0.435 e. The van der Waals surface area contributed by atoms with Crippen molar-refractivity contribution in [2.75, 3.05) is 13.2 Å². The third-order valence-corrected chi connectivity index (χ3v) is 4.57. The Bertz CT molecular complexity index is 873. The summed E-state index contributed by atoms with van der Waals surface area (Å²) >= 11 is 0. The van der Waals surface area contributed by atoms with E-state index in [4.69, 9.17) is 4.74 Å². The number of rotatable bonds is 5. The largest absolute Gasteiger partial charge is 0.481 e. The normalized spacial score (nSPS) is 16.5. The topological polar surface area (TPSA) is 93.5 Å². The molecule has 10 heteroatoms. The van der Waals surface area contributed by atoms with Crippen LogP contribution in [0.15, 0.2) is 36.5 Å². The van der Waals surface area contributed by atoms with Gasteiger partial charge >= 0.3 is 12.1 Å². The van der Waals surface area contributed by atoms with Gasteiger partial charge in [-0.25, -0.2) is 4.68 Å². The summed E-state index contributed by atoms with van der Waals surface area (Å²) in [6, 6.07) is 6.78. The van der Waals surface area contributed by atoms with Gasteiger partial charge in [0.2, 0.25) is 0 Å². The molecule has 3 rings (SSSR count). The summed E-state index contributed by atoms with van der Waals surface area (Å²) in [5.41, 5.74) is -1.49. The van der Waals surface area contributed by atoms with Gasteiger partial charge in [0.05, 0.1) is 17.6 Å². The Balaban J connectivity index is 1.82. The van der Waals surface area contributed by atoms with E-state index >= 15 is 0 Å². The number of carboxylic acid groups (broad SMARTS) is 1. The zero-order valence-corrected chi connectivity index (χ0v) is 14.7. The van der Waals surface area contributed by atoms with Gasteiger partial charge in [-0.05, 0) is 37.1 Å². The molecule has 1 amide bonds. The first-order chi connectivity index (χ1) is 13.2. The van der Waals surface area contributed by atoms with Gasteiger partial charge in [-0.1, -0.05) is 6.07 Å². The van der Waals surface area contributed by atoms with E-state index in [0.717, 1.165) is 16.9 Å². The second kappa shape index (κ2) is 7.63. The molecule has 28 heavy (non-hydrogen) atoms. The van der Waals surface area contributed by atoms with Crippen molar-refractivity contribution in [1.29, 1.82) is 0 Å². The number of carbonyl (C=O) groups excluding carboxylic acids is 1. The fraction of sp³-hybridized carbons (Fsp3) is 0.389. The number of aliphatic carboxylic acids is 1. The summed E-state index contributed by atoms with van der Waals surface area (Å²) in [5.74, 6) is -1.54. The summed E-state index contributed by atoms with van der Waals surface area (Å²) in [7, 11) is 0. The fourth-order valence-corrected chi connectivity index (χ4v) is 3.12. The molecule has 0 bridgehead atoms. The van der Waals surface area contributed by atoms with Gasteiger partial charge in [0.15, 0.2) is 5.69 Å². The number of amides is 1. The molecule has 0 saturated carbocycles. The first-order valence-corrected chi connectivity index (χ1v) is 8.54. The van der Waals surface area contributed by atoms with Crippen molar-refractivity contribution in [1.82, 2.24) is 15.1 Å². The summed E-state index contributed by atoms with van der Waals surface area (Å²) in [5, 5.41) is 15.4. The standard InChI is InChI=1S/C18H18F3N3O4/c19-18(20,21)14-4-7-24(23-14)13-3-1-2-12(10-13)16(27)22-17(11-15(25)26)5-8-28-9-6-17/h1-4,7,10H,5-6,8-9,11H2,(H,22,27)(H,25,26). The third-order valence-electron chi connectivity index (χ3n) is 4.57. The lowest BCUT2D eigenvalue weighted by Crippen LogP contribution is -2.53. The Morgan fingerprint density at radius 1 is 1.25 bits per heavy atom. The molecule has 1 aliphatic rings. The van der Waals surface area contributed by atoms with Crippen LogP contribution in [-0.2, 0) is 15.7 Å². The monoisotopic (exact) mass is 397 g/mol. The van der Waals surface area contributed by atoms with Crippen LogP contribution in [0.3, 0.4) is 0 Å². The molecule has 1 fully saturated rings. The molecular weight excluding hydrogens is 379 g/mol. The Hall–Kier alpha value is -2.88. The quantitative estimate of drug-likeness (QED) is 0.809. The van der Waals surface area contributed by atoms with Crippen molar-refractivity contribution >= 4 is 11.9 Å². The maximum Gasteiger partial charge on any atom is 0.435 e. The SMILES string of the molecule is O=C(O)CC1(NC(=O)c2cccc(-n3ccc(C(F)(F)F)n3)c2)CCOCC1. The van der Waals surface area contributed by atoms with Crippen LogP contribution in [0, 0.1) is 0 Å². The Labute approximate surface area is 158 Å². The maximum absolute atomic E-state index is 12.7. The molecule has 0 radical (unpaired) electrons. The number of hydrogen-bond acceptors (Lipinski definition) is 4. The van der Waals surface area contributed by atoms with E-state index in [1.807, 2.05) is 0 Å². The lowest BCUT2D eigenvalue weighted by Gasteiger charge is -2.36. The van der Waals surface area contributed by atoms with Gasteiger partial charge < -0.3 is 15.2 Å². The molecule has 2 N–H and O–H groups in total. The second-order valence-electron chi connectivity index (χ2n) is 6.61. The van der Waals surface area contributed by atoms with Crippen molar-refractivity contribution < 1.29 is 32.6 Å². The van der Waals surface area contributed by atoms with Crippen molar-refractivity contribution in [3.63, 3.8) is 0 Å². The highest BCUT2D eigenvalue weighted by Crippen LogP contribution is 2.28. The van der Waals surface area contributed by atoms with Gasteiger partial charge in [0, 0.05) is 25.0 Å². The number of carboxylic acids is 1. The number of hydrogen-bond donors (Lipinski definition) is 2. The minimum Gasteiger partial charge on any atom is -0.481 e. The fourth-order valence-electron chi connectivity index (χ4n) is 3.12. The van der Waals surface area contributed by atoms with Crippen LogP contribution in [0.4, 0.5) is 13.2 Å². The van der Waals surface area contributed by atoms with Crippen molar-refractivity contribution in [2.45, 2.75) is 31.0 Å². The van der Waals surface area contributed by atoms with Crippen LogP contribution in [0.2, 0.25) is 0 Å². The highest BCUT2D eigenvalue weighted by molar-refractivity contribution is 5.95. The van der Waals surface area contributed by atoms with Crippen molar-refractivity contribution in [3.8, 4) is 5.69 Å². The summed E-state index contributed by atoms with van der Waals surface area (Å²) in [6.07, 6.45) is -2.93. The van der Waals surface area contributed by atoms with Gasteiger partial charge in [-0.3, -0.25) is 9.59 Å². The van der Waals surface area contributed by atoms with Crippen LogP contribution < -0.4 is 5.32 Å². The van der Waals surface area contributed by atoms with E-state index in [0.29, 0.717) is 26.1 Å². The molecule has 7 nitrogen and oxygen atoms in total. The molecule has 2 aromatic rings. The van der Waals surface area contributed by atoms with Crippen molar-refractivity contribution in [2.24, 2.45) is 0 Å². The number of ether oxygens (including phenoxy) is 1. The van der Waals surface area contributed by atoms with E-state index in [1.165, 1.54) is 24.3 Å². The first kappa shape index (κ1) is 19.9. The number of alkyl halides is 3. The number of aromatic nitrogens is 2. The number of carbonyl (C=O) groups is 2. The van der Waals surface area contributed by atoms with E-state index in [-0.39, 0.29) is 17.7 Å². The van der Waals surface area contributed by atoms with Crippen LogP contribution in [-0.4, -0.2) is 45.5 Å². The molecule has 2 heterocycles. The molecule has 0 aliphatic carbocycles. The predicted octanol–water partition coefficient (Wildman–Crippen LogP) is 2.64. The molecule has 0 spiro atoms. The molecule has 0 atom stereocenters. The molecule has 1 aromatic carbocycles. The van der Waals surface area contributed by atoms with Crippen LogP contribution in [0.1, 0.15) is 35.3 Å². The third kappa shape index (κ3) is 4.50. The van der Waals surface area contributed by atoms with Crippen LogP contribution in [0.5, 0.6) is 0 Å². The lowest BCUT2D eigenvalue weighted by molar-refractivity contribution is -0.141. The number of nitrogens with one attached hydrogen (secondary N) is 1. The minimum atomic E-state index is -4.56. The number of nitrogens with zero attached hydrogens (tertiary/aromatic N) is 2. The average Bonchev–Trinajstić information content (AvgIpc) is 3.12. The molecule has 1 aliphatic heterocycles. The van der Waals surface area contributed by atoms with Crippen LogP contribution in [0.25, 0.3) is 5.69 Å². The maximum atomic E-state index is 12.7. The molecular formula is C18H18F3N3O4. The first-order valence-electron chi connectivity index (χ1n) is 8.54. The second-order valence-corrected chi connectivity index (χ2v) is 6.61. The van der Waals surface area contributed by atoms with E-state index in [2.05, 4.69) is 10.4 Å². The molecule has 150 valence electrons. The zero-order chi connectivity index (χ0) is 20.4. The Morgan fingerprint density at radius 3 is 2.57 bits per heavy atom. The Kier molecular flexibility index (Phi) is 5.41. The molecule has 1 saturated heterocycles. The highest BCUT2D eigenvalue weighted by atomic mass is 19.4. The van der Waals surface area contributed by atoms with Crippen LogP contribution >= 0.6 is 0 Å². The summed E-state index contributed by atoms with van der Waals surface area (Å²) in [6.45, 7) is 0.669. The lowest BCUT2D eigenvalue weighted by atomic mass is 9.86. The van der Waals surface area contributed by atoms with E-state index < -0.39 is 29.3 Å². The predicted molar refractivity (Wildman–Crippen MR) is 91.1 cm³/mol. The van der Waals surface area contributed by atoms with Gasteiger partial charge in [-0.2, -0.15) is 18.3 Å². The summed E-state index contributed by atoms with van der Waals surface area (Å²) in [4.78, 5) is 23.9. The van der Waals surface area contributed by atoms with Gasteiger partial charge in [0.25, 0.3) is 5.91 Å². The van der Waals surface area contributed by atoms with E-state index in [1.54, 1.807) is 0 Å². The molecule has 0 unspecified atom stereocenters. The van der Waals surface area contributed by atoms with Crippen molar-refractivity contribution in [3.05, 3.63) is 47.8 Å². The minimum absolute atomic E-state index is 0.192. The zero-order valence-electron chi connectivity index (χ0n) is 14.7. The number of benzene rings is 1. The molecule has 1 aromatic heterocycles. The Morgan fingerprint density at radius 2 is 1.96 bits per heavy atom. The van der Waals surface area contributed by atoms with Gasteiger partial charge in [-0.15, -0.1) is 0 Å². The van der Waals surface area contributed by atoms with E-state index in [9.17, 15) is 27.9 Å². The number of halogens is 3.